The third-order valence-electron chi connectivity index (χ3n) is 1.36. The Morgan fingerprint density at radius 2 is 1.86 bits per heavy atom. The van der Waals surface area contributed by atoms with Crippen molar-refractivity contribution in [2.45, 2.75) is 6.92 Å². The standard InChI is InChI=1S/C8H14N2O4/c1-4-14-8(13)7(12)9-5-6(11)10(2)3/h4-5H2,1-3H3,(H,9,12). The quantitative estimate of drug-likeness (QED) is 0.458. The number of hydrogen-bond acceptors (Lipinski definition) is 4. The largest absolute Gasteiger partial charge is 0.459 e. The highest BCUT2D eigenvalue weighted by Crippen LogP contribution is 1.80. The third-order valence-corrected chi connectivity index (χ3v) is 1.36. The summed E-state index contributed by atoms with van der Waals surface area (Å²) in [5.74, 6) is -2.16. The zero-order valence-corrected chi connectivity index (χ0v) is 8.49. The Labute approximate surface area is 82.2 Å². The lowest BCUT2D eigenvalue weighted by atomic mass is 10.5. The van der Waals surface area contributed by atoms with E-state index in [1.165, 1.54) is 4.90 Å². The lowest BCUT2D eigenvalue weighted by molar-refractivity contribution is -0.154. The Hall–Kier alpha value is -1.59. The van der Waals surface area contributed by atoms with Crippen molar-refractivity contribution in [3.8, 4) is 0 Å². The molecule has 0 aliphatic rings. The number of nitrogens with one attached hydrogen (secondary N) is 1. The number of nitrogens with zero attached hydrogens (tertiary/aromatic N) is 1. The minimum Gasteiger partial charge on any atom is -0.459 e. The fourth-order valence-electron chi connectivity index (χ4n) is 0.583. The summed E-state index contributed by atoms with van der Waals surface area (Å²) >= 11 is 0. The fraction of sp³-hybridized carbons (Fsp3) is 0.625. The maximum Gasteiger partial charge on any atom is 0.396 e. The van der Waals surface area contributed by atoms with Crippen molar-refractivity contribution in [3.63, 3.8) is 0 Å². The van der Waals surface area contributed by atoms with Crippen molar-refractivity contribution >= 4 is 17.8 Å². The van der Waals surface area contributed by atoms with Crippen molar-refractivity contribution in [1.82, 2.24) is 10.2 Å². The van der Waals surface area contributed by atoms with Crippen LogP contribution in [-0.2, 0) is 19.1 Å². The van der Waals surface area contributed by atoms with Crippen molar-refractivity contribution in [1.29, 1.82) is 0 Å². The van der Waals surface area contributed by atoms with Crippen LogP contribution in [0.15, 0.2) is 0 Å². The van der Waals surface area contributed by atoms with E-state index in [1.54, 1.807) is 21.0 Å². The molecule has 0 radical (unpaired) electrons. The molecule has 1 N–H and O–H groups in total. The molecular formula is C8H14N2O4. The number of esters is 1. The van der Waals surface area contributed by atoms with Crippen LogP contribution in [-0.4, -0.2) is 49.9 Å². The molecule has 80 valence electrons. The Bertz CT molecular complexity index is 237. The van der Waals surface area contributed by atoms with Crippen LogP contribution in [0.2, 0.25) is 0 Å². The van der Waals surface area contributed by atoms with Crippen LogP contribution < -0.4 is 5.32 Å². The molecule has 0 aromatic rings. The second kappa shape index (κ2) is 5.95. The van der Waals surface area contributed by atoms with Gasteiger partial charge in [0.15, 0.2) is 0 Å². The summed E-state index contributed by atoms with van der Waals surface area (Å²) in [5, 5.41) is 2.14. The highest BCUT2D eigenvalue weighted by Gasteiger charge is 2.15. The lowest BCUT2D eigenvalue weighted by Gasteiger charge is -2.10. The van der Waals surface area contributed by atoms with Gasteiger partial charge in [0.2, 0.25) is 5.91 Å². The van der Waals surface area contributed by atoms with Crippen molar-refractivity contribution in [2.24, 2.45) is 0 Å². The van der Waals surface area contributed by atoms with Gasteiger partial charge in [0, 0.05) is 14.1 Å². The summed E-state index contributed by atoms with van der Waals surface area (Å²) in [6, 6.07) is 0. The van der Waals surface area contributed by atoms with Gasteiger partial charge in [-0.2, -0.15) is 0 Å². The molecule has 0 saturated heterocycles. The van der Waals surface area contributed by atoms with Gasteiger partial charge in [0.25, 0.3) is 0 Å². The number of rotatable bonds is 3. The number of carbonyl (C=O) groups excluding carboxylic acids is 3. The predicted molar refractivity (Wildman–Crippen MR) is 48.3 cm³/mol. The topological polar surface area (TPSA) is 75.7 Å². The second-order valence-corrected chi connectivity index (χ2v) is 2.69. The molecule has 0 aliphatic carbocycles. The van der Waals surface area contributed by atoms with Crippen molar-refractivity contribution in [3.05, 3.63) is 0 Å². The molecule has 0 saturated carbocycles. The van der Waals surface area contributed by atoms with Crippen LogP contribution in [0, 0.1) is 0 Å². The monoisotopic (exact) mass is 202 g/mol. The molecule has 6 nitrogen and oxygen atoms in total. The van der Waals surface area contributed by atoms with E-state index in [0.29, 0.717) is 0 Å². The first-order valence-corrected chi connectivity index (χ1v) is 4.14. The number of amides is 2. The van der Waals surface area contributed by atoms with Gasteiger partial charge >= 0.3 is 11.9 Å². The van der Waals surface area contributed by atoms with Gasteiger partial charge in [-0.3, -0.25) is 9.59 Å². The molecule has 0 unspecified atom stereocenters. The summed E-state index contributed by atoms with van der Waals surface area (Å²) in [4.78, 5) is 34.0. The zero-order valence-electron chi connectivity index (χ0n) is 8.49. The average molecular weight is 202 g/mol. The minimum atomic E-state index is -0.973. The zero-order chi connectivity index (χ0) is 11.1. The summed E-state index contributed by atoms with van der Waals surface area (Å²) in [5.41, 5.74) is 0. The summed E-state index contributed by atoms with van der Waals surface area (Å²) in [6.45, 7) is 1.52. The molecule has 2 amide bonds. The lowest BCUT2D eigenvalue weighted by Crippen LogP contribution is -2.40. The van der Waals surface area contributed by atoms with E-state index in [-0.39, 0.29) is 19.1 Å². The average Bonchev–Trinajstić information content (AvgIpc) is 2.13. The van der Waals surface area contributed by atoms with E-state index in [9.17, 15) is 14.4 Å². The predicted octanol–water partition coefficient (Wildman–Crippen LogP) is -1.25. The number of hydrogen-bond donors (Lipinski definition) is 1. The van der Waals surface area contributed by atoms with Crippen LogP contribution in [0.1, 0.15) is 6.92 Å². The second-order valence-electron chi connectivity index (χ2n) is 2.69. The normalized spacial score (nSPS) is 9.07. The Morgan fingerprint density at radius 3 is 2.29 bits per heavy atom. The fourth-order valence-corrected chi connectivity index (χ4v) is 0.583. The van der Waals surface area contributed by atoms with Crippen molar-refractivity contribution < 1.29 is 19.1 Å². The van der Waals surface area contributed by atoms with Crippen LogP contribution in [0.25, 0.3) is 0 Å². The van der Waals surface area contributed by atoms with Gasteiger partial charge < -0.3 is 15.0 Å². The van der Waals surface area contributed by atoms with E-state index in [1.807, 2.05) is 0 Å². The maximum absolute atomic E-state index is 11.0. The van der Waals surface area contributed by atoms with Gasteiger partial charge in [-0.1, -0.05) is 0 Å². The first-order chi connectivity index (χ1) is 6.49. The Balaban J connectivity index is 3.85. The Morgan fingerprint density at radius 1 is 1.29 bits per heavy atom. The van der Waals surface area contributed by atoms with Gasteiger partial charge in [0.1, 0.15) is 0 Å². The van der Waals surface area contributed by atoms with E-state index in [4.69, 9.17) is 0 Å². The summed E-state index contributed by atoms with van der Waals surface area (Å²) in [6.07, 6.45) is 0. The molecule has 14 heavy (non-hydrogen) atoms. The molecule has 0 rings (SSSR count). The first kappa shape index (κ1) is 12.4. The van der Waals surface area contributed by atoms with Gasteiger partial charge in [-0.15, -0.1) is 0 Å². The Kier molecular flexibility index (Phi) is 5.28. The van der Waals surface area contributed by atoms with Crippen LogP contribution >= 0.6 is 0 Å². The van der Waals surface area contributed by atoms with Crippen LogP contribution in [0.5, 0.6) is 0 Å². The smallest absolute Gasteiger partial charge is 0.396 e. The molecule has 0 bridgehead atoms. The summed E-state index contributed by atoms with van der Waals surface area (Å²) < 4.78 is 4.42. The first-order valence-electron chi connectivity index (χ1n) is 4.14. The van der Waals surface area contributed by atoms with E-state index >= 15 is 0 Å². The molecular weight excluding hydrogens is 188 g/mol. The SMILES string of the molecule is CCOC(=O)C(=O)NCC(=O)N(C)C. The number of ether oxygens (including phenoxy) is 1. The van der Waals surface area contributed by atoms with E-state index in [2.05, 4.69) is 10.1 Å². The van der Waals surface area contributed by atoms with Gasteiger partial charge in [0.05, 0.1) is 13.2 Å². The molecule has 0 heterocycles. The van der Waals surface area contributed by atoms with Crippen LogP contribution in [0.3, 0.4) is 0 Å². The van der Waals surface area contributed by atoms with Gasteiger partial charge in [-0.05, 0) is 6.92 Å². The van der Waals surface area contributed by atoms with Crippen LogP contribution in [0.4, 0.5) is 0 Å². The molecule has 0 spiro atoms. The highest BCUT2D eigenvalue weighted by atomic mass is 16.5. The molecule has 0 atom stereocenters. The number of carbonyl (C=O) groups is 3. The van der Waals surface area contributed by atoms with Crippen molar-refractivity contribution in [2.75, 3.05) is 27.2 Å². The molecule has 6 heteroatoms. The van der Waals surface area contributed by atoms with E-state index in [0.717, 1.165) is 0 Å². The summed E-state index contributed by atoms with van der Waals surface area (Å²) in [7, 11) is 3.11. The number of likely N-dealkylation sites (N-methyl/N-ethyl adjacent to an activating group) is 1. The minimum absolute atomic E-state index is 0.133. The van der Waals surface area contributed by atoms with E-state index < -0.39 is 11.9 Å². The molecule has 0 fully saturated rings. The maximum atomic E-state index is 11.0. The van der Waals surface area contributed by atoms with Gasteiger partial charge in [-0.25, -0.2) is 4.79 Å². The molecule has 0 aromatic heterocycles. The highest BCUT2D eigenvalue weighted by molar-refractivity contribution is 6.32. The third kappa shape index (κ3) is 4.44. The molecule has 0 aliphatic heterocycles. The molecule has 0 aromatic carbocycles.